The summed E-state index contributed by atoms with van der Waals surface area (Å²) in [6.07, 6.45) is 2.51. The minimum Gasteiger partial charge on any atom is -0.421 e. The van der Waals surface area contributed by atoms with Crippen molar-refractivity contribution in [2.24, 2.45) is 0 Å². The van der Waals surface area contributed by atoms with E-state index in [9.17, 15) is 5.11 Å². The molecule has 0 aliphatic heterocycles. The maximum absolute atomic E-state index is 9.33. The SMILES string of the molecule is OC1[CH-]Cc2ccccc21.[CH2-]C.[Sc]. The summed E-state index contributed by atoms with van der Waals surface area (Å²) in [6.45, 7) is 5.00. The van der Waals surface area contributed by atoms with E-state index < -0.39 is 0 Å². The van der Waals surface area contributed by atoms with Crippen LogP contribution in [0, 0.1) is 13.3 Å². The number of hydrogen-bond acceptors (Lipinski definition) is 1. The summed E-state index contributed by atoms with van der Waals surface area (Å²) in [6, 6.07) is 8.00. The van der Waals surface area contributed by atoms with Crippen LogP contribution in [0.15, 0.2) is 24.3 Å². The first-order valence-corrected chi connectivity index (χ1v) is 4.18. The van der Waals surface area contributed by atoms with Gasteiger partial charge in [-0.2, -0.15) is 13.3 Å². The molecule has 2 heteroatoms. The summed E-state index contributed by atoms with van der Waals surface area (Å²) in [5, 5.41) is 9.33. The zero-order valence-electron chi connectivity index (χ0n) is 7.90. The second-order valence-corrected chi connectivity index (χ2v) is 2.58. The Labute approximate surface area is 99.0 Å². The zero-order chi connectivity index (χ0) is 8.97. The molecule has 1 aromatic carbocycles. The van der Waals surface area contributed by atoms with Crippen molar-refractivity contribution in [2.75, 3.05) is 0 Å². The topological polar surface area (TPSA) is 20.2 Å². The predicted molar refractivity (Wildman–Crippen MR) is 50.4 cm³/mol. The van der Waals surface area contributed by atoms with Crippen LogP contribution in [0.4, 0.5) is 0 Å². The quantitative estimate of drug-likeness (QED) is 0.647. The van der Waals surface area contributed by atoms with Crippen molar-refractivity contribution in [1.29, 1.82) is 0 Å². The third-order valence-electron chi connectivity index (χ3n) is 1.93. The molecule has 2 rings (SSSR count). The van der Waals surface area contributed by atoms with Gasteiger partial charge in [0.05, 0.1) is 0 Å². The number of rotatable bonds is 0. The normalized spacial score (nSPS) is 17.9. The number of aliphatic hydroxyl groups excluding tert-OH is 1. The molecule has 69 valence electrons. The molecule has 0 saturated heterocycles. The second-order valence-electron chi connectivity index (χ2n) is 2.58. The van der Waals surface area contributed by atoms with Crippen molar-refractivity contribution in [2.45, 2.75) is 19.4 Å². The number of fused-ring (bicyclic) bond motifs is 1. The molecule has 0 fully saturated rings. The van der Waals surface area contributed by atoms with Gasteiger partial charge in [0, 0.05) is 25.8 Å². The predicted octanol–water partition coefficient (Wildman–Crippen LogP) is 2.32. The van der Waals surface area contributed by atoms with Gasteiger partial charge in [-0.15, -0.1) is 0 Å². The molecule has 13 heavy (non-hydrogen) atoms. The van der Waals surface area contributed by atoms with Crippen LogP contribution >= 0.6 is 0 Å². The first kappa shape index (κ1) is 13.1. The van der Waals surface area contributed by atoms with Crippen molar-refractivity contribution in [3.8, 4) is 0 Å². The molecule has 1 N–H and O–H groups in total. The van der Waals surface area contributed by atoms with Gasteiger partial charge in [0.25, 0.3) is 0 Å². The number of aliphatic hydroxyl groups is 1. The molecule has 1 atom stereocenters. The molecule has 1 nitrogen and oxygen atoms in total. The summed E-state index contributed by atoms with van der Waals surface area (Å²) in [7, 11) is 0. The van der Waals surface area contributed by atoms with Crippen LogP contribution in [-0.4, -0.2) is 5.11 Å². The molecule has 1 aliphatic rings. The molecule has 1 radical (unpaired) electrons. The average Bonchev–Trinajstić information content (AvgIpc) is 2.53. The van der Waals surface area contributed by atoms with Gasteiger partial charge in [0.1, 0.15) is 0 Å². The zero-order valence-corrected chi connectivity index (χ0v) is 9.71. The summed E-state index contributed by atoms with van der Waals surface area (Å²) in [4.78, 5) is 0. The van der Waals surface area contributed by atoms with Crippen LogP contribution in [0.5, 0.6) is 0 Å². The molecular formula is C11H14OSc-2. The Morgan fingerprint density at radius 3 is 2.62 bits per heavy atom. The number of hydrogen-bond donors (Lipinski definition) is 1. The fraction of sp³-hybridized carbons (Fsp3) is 0.273. The Balaban J connectivity index is 0.000000451. The van der Waals surface area contributed by atoms with E-state index in [0.29, 0.717) is 0 Å². The van der Waals surface area contributed by atoms with Crippen LogP contribution in [0.25, 0.3) is 0 Å². The van der Waals surface area contributed by atoms with Crippen LogP contribution in [-0.2, 0) is 32.3 Å². The van der Waals surface area contributed by atoms with E-state index in [4.69, 9.17) is 0 Å². The molecule has 1 aliphatic carbocycles. The van der Waals surface area contributed by atoms with Gasteiger partial charge in [0.15, 0.2) is 0 Å². The van der Waals surface area contributed by atoms with Crippen LogP contribution in [0.3, 0.4) is 0 Å². The molecule has 0 saturated carbocycles. The fourth-order valence-electron chi connectivity index (χ4n) is 1.37. The van der Waals surface area contributed by atoms with Crippen LogP contribution in [0.2, 0.25) is 0 Å². The van der Waals surface area contributed by atoms with Gasteiger partial charge < -0.3 is 12.0 Å². The van der Waals surface area contributed by atoms with Gasteiger partial charge in [-0.25, -0.2) is 0 Å². The molecule has 0 bridgehead atoms. The van der Waals surface area contributed by atoms with E-state index in [1.807, 2.05) is 24.6 Å². The van der Waals surface area contributed by atoms with Gasteiger partial charge in [-0.05, 0) is 11.7 Å². The van der Waals surface area contributed by atoms with Gasteiger partial charge in [-0.1, -0.05) is 29.8 Å². The summed E-state index contributed by atoms with van der Waals surface area (Å²) in [5.41, 5.74) is 2.33. The van der Waals surface area contributed by atoms with Crippen molar-refractivity contribution in [1.82, 2.24) is 0 Å². The van der Waals surface area contributed by atoms with E-state index in [-0.39, 0.29) is 31.9 Å². The largest absolute Gasteiger partial charge is 0.421 e. The Bertz CT molecular complexity index is 248. The van der Waals surface area contributed by atoms with Crippen LogP contribution < -0.4 is 0 Å². The molecular weight excluding hydrogens is 193 g/mol. The van der Waals surface area contributed by atoms with E-state index in [0.717, 1.165) is 12.0 Å². The van der Waals surface area contributed by atoms with Gasteiger partial charge >= 0.3 is 0 Å². The maximum atomic E-state index is 9.33. The van der Waals surface area contributed by atoms with Crippen molar-refractivity contribution < 1.29 is 30.9 Å². The molecule has 1 unspecified atom stereocenters. The van der Waals surface area contributed by atoms with Gasteiger partial charge in [0.2, 0.25) is 0 Å². The first-order chi connectivity index (χ1) is 5.88. The second kappa shape index (κ2) is 6.50. The van der Waals surface area contributed by atoms with E-state index in [1.165, 1.54) is 5.56 Å². The summed E-state index contributed by atoms with van der Waals surface area (Å²) >= 11 is 0. The van der Waals surface area contributed by atoms with Crippen molar-refractivity contribution in [3.05, 3.63) is 48.7 Å². The molecule has 0 amide bonds. The minimum absolute atomic E-state index is 0. The Kier molecular flexibility index (Phi) is 6.52. The van der Waals surface area contributed by atoms with E-state index in [1.54, 1.807) is 6.92 Å². The first-order valence-electron chi connectivity index (χ1n) is 4.18. The van der Waals surface area contributed by atoms with Crippen LogP contribution in [0.1, 0.15) is 24.2 Å². The Morgan fingerprint density at radius 1 is 1.38 bits per heavy atom. The molecule has 0 aromatic heterocycles. The van der Waals surface area contributed by atoms with Gasteiger partial charge in [-0.3, -0.25) is 6.42 Å². The smallest absolute Gasteiger partial charge is 0 e. The minimum atomic E-state index is -0.323. The van der Waals surface area contributed by atoms with E-state index >= 15 is 0 Å². The third-order valence-corrected chi connectivity index (χ3v) is 1.93. The number of benzene rings is 1. The summed E-state index contributed by atoms with van der Waals surface area (Å²) < 4.78 is 0. The molecule has 0 heterocycles. The molecule has 0 spiro atoms. The van der Waals surface area contributed by atoms with Crippen molar-refractivity contribution >= 4 is 0 Å². The maximum Gasteiger partial charge on any atom is 0 e. The fourth-order valence-corrected chi connectivity index (χ4v) is 1.37. The van der Waals surface area contributed by atoms with Crippen molar-refractivity contribution in [3.63, 3.8) is 0 Å². The third kappa shape index (κ3) is 3.03. The van der Waals surface area contributed by atoms with E-state index in [2.05, 4.69) is 13.0 Å². The molecule has 1 aromatic rings. The summed E-state index contributed by atoms with van der Waals surface area (Å²) in [5.74, 6) is 0. The Morgan fingerprint density at radius 2 is 2.00 bits per heavy atom. The average molecular weight is 207 g/mol. The monoisotopic (exact) mass is 207 g/mol. The standard InChI is InChI=1S/C9H9O.C2H5.Sc/c10-9-6-5-7-3-1-2-4-8(7)9;1-2;/h1-4,6,9-10H,5H2;1H2,2H3;/q2*-1;. The Hall–Kier alpha value is 0.0501.